The maximum Gasteiger partial charge on any atom is -0.0274 e. The minimum absolute atomic E-state index is 1.07. The summed E-state index contributed by atoms with van der Waals surface area (Å²) >= 11 is 0. The van der Waals surface area contributed by atoms with Crippen LogP contribution in [0.25, 0.3) is 0 Å². The molecule has 0 radical (unpaired) electrons. The van der Waals surface area contributed by atoms with Crippen molar-refractivity contribution in [2.45, 2.75) is 60.3 Å². The van der Waals surface area contributed by atoms with E-state index in [-0.39, 0.29) is 0 Å². The number of rotatable bonds is 3. The maximum absolute atomic E-state index is 3.98. The van der Waals surface area contributed by atoms with Gasteiger partial charge in [-0.15, -0.1) is 6.58 Å². The zero-order valence-corrected chi connectivity index (χ0v) is 12.5. The van der Waals surface area contributed by atoms with Gasteiger partial charge in [-0.3, -0.25) is 0 Å². The third kappa shape index (κ3) is 11.2. The Balaban J connectivity index is 0. The molecule has 1 aliphatic rings. The van der Waals surface area contributed by atoms with E-state index in [2.05, 4.69) is 45.2 Å². The molecule has 17 heavy (non-hydrogen) atoms. The molecule has 0 bridgehead atoms. The Hall–Kier alpha value is -1.04. The van der Waals surface area contributed by atoms with Crippen LogP contribution in [0.1, 0.15) is 60.3 Å². The van der Waals surface area contributed by atoms with Crippen molar-refractivity contribution in [3.63, 3.8) is 0 Å². The van der Waals surface area contributed by atoms with E-state index in [1.807, 2.05) is 20.8 Å². The fourth-order valence-electron chi connectivity index (χ4n) is 1.08. The zero-order valence-electron chi connectivity index (χ0n) is 12.5. The molecule has 0 saturated heterocycles. The SMILES string of the molecule is C=C(C)CC.C=C(CC)C1=CCCC=C1.CC. The van der Waals surface area contributed by atoms with E-state index >= 15 is 0 Å². The summed E-state index contributed by atoms with van der Waals surface area (Å²) in [6.45, 7) is 17.9. The van der Waals surface area contributed by atoms with Gasteiger partial charge in [-0.05, 0) is 43.8 Å². The predicted octanol–water partition coefficient (Wildman–Crippen LogP) is 6.23. The second-order valence-corrected chi connectivity index (χ2v) is 3.91. The summed E-state index contributed by atoms with van der Waals surface area (Å²) in [7, 11) is 0. The van der Waals surface area contributed by atoms with Crippen LogP contribution < -0.4 is 0 Å². The number of allylic oxidation sites excluding steroid dienone is 6. The van der Waals surface area contributed by atoms with Gasteiger partial charge in [-0.25, -0.2) is 0 Å². The van der Waals surface area contributed by atoms with Gasteiger partial charge >= 0.3 is 0 Å². The first kappa shape index (κ1) is 18.3. The molecule has 1 aliphatic carbocycles. The first-order chi connectivity index (χ1) is 8.11. The summed E-state index contributed by atoms with van der Waals surface area (Å²) in [4.78, 5) is 0. The Labute approximate surface area is 109 Å². The summed E-state index contributed by atoms with van der Waals surface area (Å²) in [5.74, 6) is 0. The summed E-state index contributed by atoms with van der Waals surface area (Å²) in [5, 5.41) is 0. The molecule has 0 heterocycles. The molecule has 0 aliphatic heterocycles. The zero-order chi connectivity index (χ0) is 13.7. The van der Waals surface area contributed by atoms with Crippen LogP contribution in [0.5, 0.6) is 0 Å². The van der Waals surface area contributed by atoms with Crippen molar-refractivity contribution < 1.29 is 0 Å². The molecule has 0 unspecified atom stereocenters. The van der Waals surface area contributed by atoms with Crippen LogP contribution in [0.3, 0.4) is 0 Å². The Bertz CT molecular complexity index is 264. The van der Waals surface area contributed by atoms with Gasteiger partial charge in [-0.2, -0.15) is 0 Å². The Morgan fingerprint density at radius 1 is 1.12 bits per heavy atom. The highest BCUT2D eigenvalue weighted by molar-refractivity contribution is 5.39. The highest BCUT2D eigenvalue weighted by Crippen LogP contribution is 2.18. The normalized spacial score (nSPS) is 12.4. The topological polar surface area (TPSA) is 0 Å². The molecule has 1 rings (SSSR count). The van der Waals surface area contributed by atoms with E-state index in [9.17, 15) is 0 Å². The molecule has 0 aromatic heterocycles. The van der Waals surface area contributed by atoms with E-state index < -0.39 is 0 Å². The van der Waals surface area contributed by atoms with Crippen LogP contribution in [-0.2, 0) is 0 Å². The van der Waals surface area contributed by atoms with Crippen molar-refractivity contribution in [3.8, 4) is 0 Å². The molecule has 0 amide bonds. The molecule has 0 spiro atoms. The van der Waals surface area contributed by atoms with Crippen molar-refractivity contribution >= 4 is 0 Å². The second kappa shape index (κ2) is 13.0. The minimum Gasteiger partial charge on any atom is -0.100 e. The molecule has 0 saturated carbocycles. The third-order valence-electron chi connectivity index (χ3n) is 2.43. The fraction of sp³-hybridized carbons (Fsp3) is 0.529. The molecule has 0 aromatic carbocycles. The van der Waals surface area contributed by atoms with Gasteiger partial charge in [0.1, 0.15) is 0 Å². The van der Waals surface area contributed by atoms with Gasteiger partial charge in [-0.1, -0.05) is 58.1 Å². The smallest absolute Gasteiger partial charge is 0.0274 e. The average Bonchev–Trinajstić information content (AvgIpc) is 2.41. The van der Waals surface area contributed by atoms with Crippen molar-refractivity contribution in [2.75, 3.05) is 0 Å². The first-order valence-electron chi connectivity index (χ1n) is 6.81. The standard InChI is InChI=1S/C10H14.C5H10.C2H6/c1-3-9(2)10-7-5-4-6-8-10;1-4-5(2)3;1-2/h5,7-8H,2-4,6H2,1H3;2,4H2,1,3H3;1-2H3. The molecule has 0 heteroatoms. The molecule has 0 atom stereocenters. The van der Waals surface area contributed by atoms with Crippen LogP contribution in [0.15, 0.2) is 48.1 Å². The lowest BCUT2D eigenvalue weighted by molar-refractivity contribution is 1.00. The van der Waals surface area contributed by atoms with Crippen LogP contribution in [0, 0.1) is 0 Å². The second-order valence-electron chi connectivity index (χ2n) is 3.91. The quantitative estimate of drug-likeness (QED) is 0.508. The minimum atomic E-state index is 1.07. The molecular weight excluding hydrogens is 204 g/mol. The molecule has 0 aromatic rings. The van der Waals surface area contributed by atoms with E-state index in [4.69, 9.17) is 0 Å². The molecule has 0 nitrogen and oxygen atoms in total. The van der Waals surface area contributed by atoms with Crippen LogP contribution in [0.4, 0.5) is 0 Å². The Morgan fingerprint density at radius 2 is 1.65 bits per heavy atom. The van der Waals surface area contributed by atoms with Crippen LogP contribution in [0.2, 0.25) is 0 Å². The number of hydrogen-bond donors (Lipinski definition) is 0. The number of hydrogen-bond acceptors (Lipinski definition) is 0. The van der Waals surface area contributed by atoms with Gasteiger partial charge in [0.25, 0.3) is 0 Å². The molecular formula is C17H30. The van der Waals surface area contributed by atoms with E-state index in [0.29, 0.717) is 0 Å². The van der Waals surface area contributed by atoms with Crippen molar-refractivity contribution in [1.82, 2.24) is 0 Å². The largest absolute Gasteiger partial charge is 0.100 e. The highest BCUT2D eigenvalue weighted by Gasteiger charge is 1.98. The summed E-state index contributed by atoms with van der Waals surface area (Å²) in [5.41, 5.74) is 3.86. The van der Waals surface area contributed by atoms with Crippen LogP contribution in [-0.4, -0.2) is 0 Å². The first-order valence-corrected chi connectivity index (χ1v) is 6.81. The Morgan fingerprint density at radius 3 is 1.94 bits per heavy atom. The summed E-state index contributed by atoms with van der Waals surface area (Å²) in [6.07, 6.45) is 11.2. The van der Waals surface area contributed by atoms with Gasteiger partial charge in [0.05, 0.1) is 0 Å². The van der Waals surface area contributed by atoms with Gasteiger partial charge in [0.2, 0.25) is 0 Å². The van der Waals surface area contributed by atoms with Crippen molar-refractivity contribution in [3.05, 3.63) is 48.1 Å². The third-order valence-corrected chi connectivity index (χ3v) is 2.43. The summed E-state index contributed by atoms with van der Waals surface area (Å²) in [6, 6.07) is 0. The van der Waals surface area contributed by atoms with E-state index in [0.717, 1.165) is 12.8 Å². The van der Waals surface area contributed by atoms with Gasteiger partial charge in [0, 0.05) is 0 Å². The van der Waals surface area contributed by atoms with E-state index in [1.54, 1.807) is 0 Å². The molecule has 98 valence electrons. The summed E-state index contributed by atoms with van der Waals surface area (Å²) < 4.78 is 0. The average molecular weight is 234 g/mol. The molecule has 0 fully saturated rings. The monoisotopic (exact) mass is 234 g/mol. The van der Waals surface area contributed by atoms with Crippen LogP contribution >= 0.6 is 0 Å². The maximum atomic E-state index is 3.98. The lowest BCUT2D eigenvalue weighted by Gasteiger charge is -2.06. The molecule has 0 N–H and O–H groups in total. The lowest BCUT2D eigenvalue weighted by atomic mass is 9.99. The van der Waals surface area contributed by atoms with Gasteiger partial charge < -0.3 is 0 Å². The van der Waals surface area contributed by atoms with Crippen molar-refractivity contribution in [2.24, 2.45) is 0 Å². The van der Waals surface area contributed by atoms with Crippen molar-refractivity contribution in [1.29, 1.82) is 0 Å². The Kier molecular flexibility index (Phi) is 14.0. The highest BCUT2D eigenvalue weighted by atomic mass is 14.0. The fourth-order valence-corrected chi connectivity index (χ4v) is 1.08. The van der Waals surface area contributed by atoms with Gasteiger partial charge in [0.15, 0.2) is 0 Å². The predicted molar refractivity (Wildman–Crippen MR) is 82.3 cm³/mol. The van der Waals surface area contributed by atoms with E-state index in [1.165, 1.54) is 29.6 Å². The lowest BCUT2D eigenvalue weighted by Crippen LogP contribution is -1.87.